The van der Waals surface area contributed by atoms with Crippen LogP contribution in [0, 0.1) is 5.21 Å². The topological polar surface area (TPSA) is 175 Å². The van der Waals surface area contributed by atoms with Gasteiger partial charge in [-0.05, 0) is 40.8 Å². The van der Waals surface area contributed by atoms with E-state index in [0.29, 0.717) is 11.1 Å². The molecule has 13 heteroatoms. The van der Waals surface area contributed by atoms with Crippen LogP contribution >= 0.6 is 0 Å². The number of nitrogens with zero attached hydrogens (tertiary/aromatic N) is 2. The van der Waals surface area contributed by atoms with Gasteiger partial charge in [0, 0.05) is 11.6 Å². The van der Waals surface area contributed by atoms with Gasteiger partial charge in [-0.25, -0.2) is 13.9 Å². The zero-order valence-corrected chi connectivity index (χ0v) is 17.7. The lowest BCUT2D eigenvalue weighted by molar-refractivity contribution is -0.832. The molecule has 0 unspecified atom stereocenters. The van der Waals surface area contributed by atoms with Crippen molar-refractivity contribution >= 4 is 27.7 Å². The summed E-state index contributed by atoms with van der Waals surface area (Å²) in [5, 5.41) is 25.4. The molecule has 0 spiro atoms. The van der Waals surface area contributed by atoms with E-state index in [1.165, 1.54) is 48.0 Å². The number of benzene rings is 2. The number of ether oxygens (including phenoxy) is 1. The third-order valence-corrected chi connectivity index (χ3v) is 5.92. The SMILES string of the molecule is O=C(/C=C/c1ccc(C(=O)NCCOc2no[n+]([O-])c2S(=O)(=O)c2ccccc2)cc1)NO. The summed E-state index contributed by atoms with van der Waals surface area (Å²) in [6.45, 7) is -0.208. The molecule has 0 saturated carbocycles. The maximum absolute atomic E-state index is 12.7. The number of sulfone groups is 1. The second-order valence-corrected chi connectivity index (χ2v) is 8.26. The quantitative estimate of drug-likeness (QED) is 0.131. The number of hydrogen-bond donors (Lipinski definition) is 3. The molecular formula is C20H18N4O8S. The summed E-state index contributed by atoms with van der Waals surface area (Å²) in [5.74, 6) is -1.64. The molecule has 1 aromatic heterocycles. The molecule has 2 amide bonds. The molecule has 0 aliphatic heterocycles. The summed E-state index contributed by atoms with van der Waals surface area (Å²) in [5.41, 5.74) is 2.41. The Balaban J connectivity index is 1.57. The Morgan fingerprint density at radius 2 is 1.85 bits per heavy atom. The average molecular weight is 474 g/mol. The lowest BCUT2D eigenvalue weighted by atomic mass is 10.1. The molecule has 1 heterocycles. The summed E-state index contributed by atoms with van der Waals surface area (Å²) < 4.78 is 35.0. The molecule has 3 N–H and O–H groups in total. The van der Waals surface area contributed by atoms with Crippen LogP contribution in [0.2, 0.25) is 0 Å². The van der Waals surface area contributed by atoms with Gasteiger partial charge in [-0.1, -0.05) is 30.3 Å². The monoisotopic (exact) mass is 474 g/mol. The van der Waals surface area contributed by atoms with Gasteiger partial charge < -0.3 is 15.3 Å². The molecule has 2 aromatic carbocycles. The first-order valence-corrected chi connectivity index (χ1v) is 10.8. The Morgan fingerprint density at radius 1 is 1.15 bits per heavy atom. The molecule has 0 radical (unpaired) electrons. The average Bonchev–Trinajstić information content (AvgIpc) is 3.21. The molecule has 3 rings (SSSR count). The Hall–Kier alpha value is -4.23. The fourth-order valence-corrected chi connectivity index (χ4v) is 3.90. The Morgan fingerprint density at radius 3 is 2.52 bits per heavy atom. The Labute approximate surface area is 187 Å². The van der Waals surface area contributed by atoms with Crippen molar-refractivity contribution in [2.75, 3.05) is 13.2 Å². The number of nitrogens with one attached hydrogen (secondary N) is 2. The van der Waals surface area contributed by atoms with Gasteiger partial charge in [-0.15, -0.1) is 0 Å². The van der Waals surface area contributed by atoms with Gasteiger partial charge in [0.25, 0.3) is 21.7 Å². The standard InChI is InChI=1S/C20H18N4O8S/c25-17(22-27)11-8-14-6-9-15(10-7-14)18(26)21-12-13-31-19-20(24(28)32-23-19)33(29,30)16-4-2-1-3-5-16/h1-11,27H,12-13H2,(H,21,26)(H,22,25)/b11-8+. The first-order valence-electron chi connectivity index (χ1n) is 9.36. The van der Waals surface area contributed by atoms with E-state index in [-0.39, 0.29) is 23.0 Å². The maximum Gasteiger partial charge on any atom is 0.415 e. The number of hydroxylamine groups is 1. The normalized spacial score (nSPS) is 11.3. The fourth-order valence-electron chi connectivity index (χ4n) is 2.61. The van der Waals surface area contributed by atoms with E-state index in [1.807, 2.05) is 0 Å². The molecule has 0 aliphatic carbocycles. The van der Waals surface area contributed by atoms with E-state index in [9.17, 15) is 23.2 Å². The summed E-state index contributed by atoms with van der Waals surface area (Å²) in [4.78, 5) is 22.8. The smallest absolute Gasteiger partial charge is 0.415 e. The fraction of sp³-hybridized carbons (Fsp3) is 0.100. The highest BCUT2D eigenvalue weighted by atomic mass is 32.2. The lowest BCUT2D eigenvalue weighted by Gasteiger charge is -2.06. The molecule has 12 nitrogen and oxygen atoms in total. The number of amides is 2. The second kappa shape index (κ2) is 10.4. The number of aromatic nitrogens is 2. The molecule has 0 aliphatic rings. The van der Waals surface area contributed by atoms with Crippen molar-refractivity contribution in [2.24, 2.45) is 0 Å². The van der Waals surface area contributed by atoms with Crippen LogP contribution < -0.4 is 20.4 Å². The molecule has 33 heavy (non-hydrogen) atoms. The van der Waals surface area contributed by atoms with Gasteiger partial charge in [-0.3, -0.25) is 19.4 Å². The van der Waals surface area contributed by atoms with Crippen LogP contribution in [0.15, 0.2) is 75.2 Å². The zero-order valence-electron chi connectivity index (χ0n) is 16.9. The molecule has 0 fully saturated rings. The summed E-state index contributed by atoms with van der Waals surface area (Å²) in [6.07, 6.45) is 2.57. The summed E-state index contributed by atoms with van der Waals surface area (Å²) in [7, 11) is -4.23. The minimum absolute atomic E-state index is 0.0201. The maximum atomic E-state index is 12.7. The summed E-state index contributed by atoms with van der Waals surface area (Å²) >= 11 is 0. The highest BCUT2D eigenvalue weighted by Crippen LogP contribution is 2.24. The predicted molar refractivity (Wildman–Crippen MR) is 111 cm³/mol. The van der Waals surface area contributed by atoms with Crippen molar-refractivity contribution in [3.8, 4) is 5.88 Å². The number of hydrogen-bond acceptors (Lipinski definition) is 9. The van der Waals surface area contributed by atoms with Crippen molar-refractivity contribution < 1.29 is 37.5 Å². The highest BCUT2D eigenvalue weighted by Gasteiger charge is 2.35. The molecule has 0 saturated heterocycles. The van der Waals surface area contributed by atoms with E-state index >= 15 is 0 Å². The molecule has 0 bridgehead atoms. The van der Waals surface area contributed by atoms with Gasteiger partial charge in [-0.2, -0.15) is 0 Å². The first-order chi connectivity index (χ1) is 15.8. The van der Waals surface area contributed by atoms with Crippen molar-refractivity contribution in [2.45, 2.75) is 9.92 Å². The van der Waals surface area contributed by atoms with Crippen LogP contribution in [0.25, 0.3) is 6.08 Å². The van der Waals surface area contributed by atoms with Crippen molar-refractivity contribution in [3.63, 3.8) is 0 Å². The predicted octanol–water partition coefficient (Wildman–Crippen LogP) is 0.468. The molecular weight excluding hydrogens is 456 g/mol. The van der Waals surface area contributed by atoms with E-state index in [4.69, 9.17) is 9.94 Å². The molecule has 172 valence electrons. The van der Waals surface area contributed by atoms with Gasteiger partial charge in [0.1, 0.15) is 6.61 Å². The second-order valence-electron chi connectivity index (χ2n) is 6.39. The Kier molecular flexibility index (Phi) is 7.38. The lowest BCUT2D eigenvalue weighted by Crippen LogP contribution is -2.31. The van der Waals surface area contributed by atoms with Gasteiger partial charge in [0.05, 0.1) is 16.6 Å². The zero-order chi connectivity index (χ0) is 23.8. The highest BCUT2D eigenvalue weighted by molar-refractivity contribution is 7.91. The van der Waals surface area contributed by atoms with Crippen LogP contribution in [0.3, 0.4) is 0 Å². The number of carbonyl (C=O) groups is 2. The van der Waals surface area contributed by atoms with E-state index < -0.39 is 32.6 Å². The minimum Gasteiger partial charge on any atom is -0.453 e. The summed E-state index contributed by atoms with van der Waals surface area (Å²) in [6, 6.07) is 13.5. The van der Waals surface area contributed by atoms with Crippen molar-refractivity contribution in [3.05, 3.63) is 77.0 Å². The van der Waals surface area contributed by atoms with E-state index in [0.717, 1.165) is 6.08 Å². The minimum atomic E-state index is -4.23. The van der Waals surface area contributed by atoms with Crippen LogP contribution in [-0.2, 0) is 14.6 Å². The van der Waals surface area contributed by atoms with Gasteiger partial charge in [0.15, 0.2) is 0 Å². The third kappa shape index (κ3) is 5.72. The Bertz CT molecular complexity index is 1250. The number of rotatable bonds is 9. The van der Waals surface area contributed by atoms with Crippen LogP contribution in [-0.4, -0.2) is 43.7 Å². The number of carbonyl (C=O) groups excluding carboxylic acids is 2. The molecule has 0 atom stereocenters. The van der Waals surface area contributed by atoms with Crippen molar-refractivity contribution in [1.82, 2.24) is 16.0 Å². The van der Waals surface area contributed by atoms with Crippen molar-refractivity contribution in [1.29, 1.82) is 0 Å². The third-order valence-electron chi connectivity index (χ3n) is 4.19. The molecule has 3 aromatic rings. The van der Waals surface area contributed by atoms with Crippen LogP contribution in [0.4, 0.5) is 0 Å². The van der Waals surface area contributed by atoms with E-state index in [2.05, 4.69) is 15.1 Å². The largest absolute Gasteiger partial charge is 0.453 e. The van der Waals surface area contributed by atoms with Gasteiger partial charge in [0.2, 0.25) is 0 Å². The van der Waals surface area contributed by atoms with Gasteiger partial charge >= 0.3 is 10.9 Å². The van der Waals surface area contributed by atoms with Crippen LogP contribution in [0.1, 0.15) is 15.9 Å². The first kappa shape index (κ1) is 23.4. The van der Waals surface area contributed by atoms with Crippen LogP contribution in [0.5, 0.6) is 5.88 Å². The van der Waals surface area contributed by atoms with E-state index in [1.54, 1.807) is 18.2 Å².